The fourth-order valence-electron chi connectivity index (χ4n) is 2.67. The molecule has 0 unspecified atom stereocenters. The summed E-state index contributed by atoms with van der Waals surface area (Å²) in [4.78, 5) is 26.1. The average molecular weight is 301 g/mol. The van der Waals surface area contributed by atoms with E-state index in [4.69, 9.17) is 4.42 Å². The second kappa shape index (κ2) is 6.60. The van der Waals surface area contributed by atoms with Gasteiger partial charge in [0.25, 0.3) is 5.56 Å². The Morgan fingerprint density at radius 2 is 1.91 bits per heavy atom. The average Bonchev–Trinajstić information content (AvgIpc) is 2.91. The monoisotopic (exact) mass is 301 g/mol. The Bertz CT molecular complexity index is 683. The first-order valence-corrected chi connectivity index (χ1v) is 7.64. The first-order valence-electron chi connectivity index (χ1n) is 7.64. The van der Waals surface area contributed by atoms with Gasteiger partial charge in [-0.25, -0.2) is 4.68 Å². The molecule has 3 rings (SSSR count). The first-order chi connectivity index (χ1) is 10.7. The normalized spacial score (nSPS) is 15.5. The third-order valence-corrected chi connectivity index (χ3v) is 3.88. The predicted octanol–water partition coefficient (Wildman–Crippen LogP) is 1.91. The Labute approximate surface area is 128 Å². The summed E-state index contributed by atoms with van der Waals surface area (Å²) in [5.74, 6) is 0.532. The molecule has 0 spiro atoms. The van der Waals surface area contributed by atoms with Crippen LogP contribution in [0.2, 0.25) is 0 Å². The van der Waals surface area contributed by atoms with Crippen LogP contribution in [-0.2, 0) is 11.3 Å². The smallest absolute Gasteiger partial charge is 0.267 e. The Morgan fingerprint density at radius 1 is 1.14 bits per heavy atom. The molecule has 2 aromatic heterocycles. The van der Waals surface area contributed by atoms with Crippen LogP contribution in [0.5, 0.6) is 0 Å². The Kier molecular flexibility index (Phi) is 4.37. The number of likely N-dealkylation sites (tertiary alicyclic amines) is 1. The lowest BCUT2D eigenvalue weighted by molar-refractivity contribution is -0.132. The van der Waals surface area contributed by atoms with Crippen molar-refractivity contribution < 1.29 is 9.21 Å². The van der Waals surface area contributed by atoms with Gasteiger partial charge >= 0.3 is 0 Å². The number of aromatic nitrogens is 2. The lowest BCUT2D eigenvalue weighted by Crippen LogP contribution is -2.37. The molecule has 0 aliphatic carbocycles. The van der Waals surface area contributed by atoms with E-state index in [1.807, 2.05) is 4.90 Å². The summed E-state index contributed by atoms with van der Waals surface area (Å²) >= 11 is 0. The van der Waals surface area contributed by atoms with Gasteiger partial charge in [0.1, 0.15) is 12.2 Å². The van der Waals surface area contributed by atoms with Crippen LogP contribution in [0.1, 0.15) is 25.7 Å². The van der Waals surface area contributed by atoms with E-state index in [0.717, 1.165) is 38.8 Å². The zero-order chi connectivity index (χ0) is 15.4. The molecule has 1 aliphatic rings. The Morgan fingerprint density at radius 3 is 2.59 bits per heavy atom. The molecule has 6 heteroatoms. The first kappa shape index (κ1) is 14.6. The van der Waals surface area contributed by atoms with E-state index in [9.17, 15) is 9.59 Å². The molecule has 0 bridgehead atoms. The zero-order valence-electron chi connectivity index (χ0n) is 12.4. The fraction of sp³-hybridized carbons (Fsp3) is 0.438. The quantitative estimate of drug-likeness (QED) is 0.868. The molecule has 0 saturated carbocycles. The van der Waals surface area contributed by atoms with Crippen LogP contribution in [0.15, 0.2) is 39.7 Å². The van der Waals surface area contributed by atoms with E-state index in [2.05, 4.69) is 5.10 Å². The molecule has 0 N–H and O–H groups in total. The fourth-order valence-corrected chi connectivity index (χ4v) is 2.67. The van der Waals surface area contributed by atoms with Gasteiger partial charge in [-0.1, -0.05) is 12.8 Å². The molecule has 1 fully saturated rings. The van der Waals surface area contributed by atoms with Crippen molar-refractivity contribution in [3.05, 3.63) is 40.9 Å². The van der Waals surface area contributed by atoms with Crippen molar-refractivity contribution in [3.8, 4) is 11.5 Å². The number of carbonyl (C=O) groups is 1. The summed E-state index contributed by atoms with van der Waals surface area (Å²) in [5.41, 5.74) is 0.270. The summed E-state index contributed by atoms with van der Waals surface area (Å²) in [7, 11) is 0. The van der Waals surface area contributed by atoms with Gasteiger partial charge in [0, 0.05) is 19.2 Å². The van der Waals surface area contributed by atoms with Crippen molar-refractivity contribution >= 4 is 5.91 Å². The Hall–Kier alpha value is -2.37. The molecule has 22 heavy (non-hydrogen) atoms. The van der Waals surface area contributed by atoms with E-state index in [-0.39, 0.29) is 18.0 Å². The molecule has 1 amide bonds. The Balaban J connectivity index is 1.78. The summed E-state index contributed by atoms with van der Waals surface area (Å²) in [5, 5.41) is 4.24. The highest BCUT2D eigenvalue weighted by Gasteiger charge is 2.17. The van der Waals surface area contributed by atoms with Crippen molar-refractivity contribution in [2.45, 2.75) is 32.2 Å². The largest absolute Gasteiger partial charge is 0.463 e. The van der Waals surface area contributed by atoms with E-state index in [1.165, 1.54) is 10.7 Å². The minimum atomic E-state index is -0.279. The summed E-state index contributed by atoms with van der Waals surface area (Å²) in [6, 6.07) is 6.55. The van der Waals surface area contributed by atoms with Crippen LogP contribution in [0.3, 0.4) is 0 Å². The highest BCUT2D eigenvalue weighted by Crippen LogP contribution is 2.15. The molecule has 116 valence electrons. The molecular formula is C16H19N3O3. The van der Waals surface area contributed by atoms with Gasteiger partial charge in [-0.15, -0.1) is 0 Å². The molecule has 1 saturated heterocycles. The number of furan rings is 1. The molecule has 0 atom stereocenters. The van der Waals surface area contributed by atoms with E-state index < -0.39 is 0 Å². The SMILES string of the molecule is O=C(Cn1nc(-c2ccco2)ccc1=O)N1CCCCCC1. The standard InChI is InChI=1S/C16H19N3O3/c20-15-8-7-13(14-6-5-11-22-14)17-19(15)12-16(21)18-9-3-1-2-4-10-18/h5-8,11H,1-4,9-10,12H2. The third-order valence-electron chi connectivity index (χ3n) is 3.88. The van der Waals surface area contributed by atoms with Gasteiger partial charge in [0.05, 0.1) is 6.26 Å². The van der Waals surface area contributed by atoms with Crippen LogP contribution in [0.25, 0.3) is 11.5 Å². The maximum absolute atomic E-state index is 12.4. The number of carbonyl (C=O) groups excluding carboxylic acids is 1. The minimum Gasteiger partial charge on any atom is -0.463 e. The lowest BCUT2D eigenvalue weighted by atomic mass is 10.2. The highest BCUT2D eigenvalue weighted by atomic mass is 16.3. The van der Waals surface area contributed by atoms with Crippen molar-refractivity contribution in [2.24, 2.45) is 0 Å². The van der Waals surface area contributed by atoms with Crippen molar-refractivity contribution in [3.63, 3.8) is 0 Å². The zero-order valence-corrected chi connectivity index (χ0v) is 12.4. The molecule has 1 aliphatic heterocycles. The molecule has 6 nitrogen and oxygen atoms in total. The topological polar surface area (TPSA) is 68.3 Å². The summed E-state index contributed by atoms with van der Waals surface area (Å²) < 4.78 is 6.49. The van der Waals surface area contributed by atoms with Crippen LogP contribution < -0.4 is 5.56 Å². The predicted molar refractivity (Wildman–Crippen MR) is 81.2 cm³/mol. The second-order valence-electron chi connectivity index (χ2n) is 5.49. The van der Waals surface area contributed by atoms with Crippen molar-refractivity contribution in [1.82, 2.24) is 14.7 Å². The van der Waals surface area contributed by atoms with Crippen LogP contribution in [-0.4, -0.2) is 33.7 Å². The van der Waals surface area contributed by atoms with Crippen molar-refractivity contribution in [1.29, 1.82) is 0 Å². The lowest BCUT2D eigenvalue weighted by Gasteiger charge is -2.20. The van der Waals surface area contributed by atoms with Gasteiger partial charge in [-0.2, -0.15) is 5.10 Å². The van der Waals surface area contributed by atoms with Crippen molar-refractivity contribution in [2.75, 3.05) is 13.1 Å². The second-order valence-corrected chi connectivity index (χ2v) is 5.49. The number of nitrogens with zero attached hydrogens (tertiary/aromatic N) is 3. The molecular weight excluding hydrogens is 282 g/mol. The third kappa shape index (κ3) is 3.27. The van der Waals surface area contributed by atoms with Crippen LogP contribution in [0, 0.1) is 0 Å². The number of hydrogen-bond donors (Lipinski definition) is 0. The van der Waals surface area contributed by atoms with Gasteiger partial charge in [0.15, 0.2) is 5.76 Å². The molecule has 3 heterocycles. The van der Waals surface area contributed by atoms with Gasteiger partial charge in [-0.05, 0) is 31.0 Å². The molecule has 2 aromatic rings. The maximum Gasteiger partial charge on any atom is 0.267 e. The number of amides is 1. The minimum absolute atomic E-state index is 0.0205. The highest BCUT2D eigenvalue weighted by molar-refractivity contribution is 5.75. The molecule has 0 radical (unpaired) electrons. The summed E-state index contributed by atoms with van der Waals surface area (Å²) in [6.07, 6.45) is 5.93. The maximum atomic E-state index is 12.4. The number of rotatable bonds is 3. The van der Waals surface area contributed by atoms with Gasteiger partial charge < -0.3 is 9.32 Å². The van der Waals surface area contributed by atoms with E-state index >= 15 is 0 Å². The molecule has 0 aromatic carbocycles. The van der Waals surface area contributed by atoms with Gasteiger partial charge in [-0.3, -0.25) is 9.59 Å². The van der Waals surface area contributed by atoms with E-state index in [1.54, 1.807) is 24.5 Å². The summed E-state index contributed by atoms with van der Waals surface area (Å²) in [6.45, 7) is 1.52. The van der Waals surface area contributed by atoms with Crippen LogP contribution in [0.4, 0.5) is 0 Å². The number of hydrogen-bond acceptors (Lipinski definition) is 4. The van der Waals surface area contributed by atoms with Gasteiger partial charge in [0.2, 0.25) is 5.91 Å². The van der Waals surface area contributed by atoms with E-state index in [0.29, 0.717) is 11.5 Å². The van der Waals surface area contributed by atoms with Crippen LogP contribution >= 0.6 is 0 Å².